The van der Waals surface area contributed by atoms with Gasteiger partial charge in [-0.3, -0.25) is 15.0 Å². The molecule has 0 aliphatic rings. The molecule has 4 rings (SSSR count). The fraction of sp³-hybridized carbons (Fsp3) is 0.238. The first-order valence-corrected chi connectivity index (χ1v) is 9.34. The highest BCUT2D eigenvalue weighted by atomic mass is 16.5. The van der Waals surface area contributed by atoms with Gasteiger partial charge in [0.25, 0.3) is 0 Å². The van der Waals surface area contributed by atoms with E-state index in [0.717, 1.165) is 28.9 Å². The van der Waals surface area contributed by atoms with Crippen LogP contribution < -0.4 is 5.32 Å². The van der Waals surface area contributed by atoms with Crippen molar-refractivity contribution in [3.05, 3.63) is 65.6 Å². The quantitative estimate of drug-likeness (QED) is 0.536. The Kier molecular flexibility index (Phi) is 5.24. The van der Waals surface area contributed by atoms with Crippen LogP contribution in [0.1, 0.15) is 22.5 Å². The second-order valence-electron chi connectivity index (χ2n) is 6.75. The molecule has 4 aromatic rings. The Balaban J connectivity index is 1.65. The van der Waals surface area contributed by atoms with Crippen LogP contribution in [-0.4, -0.2) is 36.6 Å². The van der Waals surface area contributed by atoms with Gasteiger partial charge in [0.15, 0.2) is 5.76 Å². The van der Waals surface area contributed by atoms with Gasteiger partial charge in [0.2, 0.25) is 5.95 Å². The third kappa shape index (κ3) is 4.11. The van der Waals surface area contributed by atoms with Crippen LogP contribution in [0.2, 0.25) is 0 Å². The molecular weight excluding hydrogens is 366 g/mol. The normalized spacial score (nSPS) is 10.9. The van der Waals surface area contributed by atoms with E-state index in [-0.39, 0.29) is 0 Å². The van der Waals surface area contributed by atoms with Gasteiger partial charge in [-0.2, -0.15) is 0 Å². The molecule has 0 fully saturated rings. The molecule has 0 aromatic carbocycles. The van der Waals surface area contributed by atoms with Crippen LogP contribution in [0.5, 0.6) is 0 Å². The first-order chi connectivity index (χ1) is 14.1. The van der Waals surface area contributed by atoms with E-state index in [1.807, 2.05) is 32.9 Å². The number of rotatable bonds is 6. The molecule has 0 spiro atoms. The highest BCUT2D eigenvalue weighted by Gasteiger charge is 2.19. The highest BCUT2D eigenvalue weighted by Crippen LogP contribution is 2.32. The Hall–Kier alpha value is -3.68. The largest absolute Gasteiger partial charge is 0.356 e. The van der Waals surface area contributed by atoms with E-state index in [1.165, 1.54) is 5.56 Å². The molecule has 8 heteroatoms. The van der Waals surface area contributed by atoms with E-state index < -0.39 is 0 Å². The first-order valence-electron chi connectivity index (χ1n) is 9.34. The molecule has 146 valence electrons. The van der Waals surface area contributed by atoms with Crippen molar-refractivity contribution in [1.29, 1.82) is 0 Å². The minimum Gasteiger partial charge on any atom is -0.356 e. The molecule has 0 unspecified atom stereocenters. The van der Waals surface area contributed by atoms with Gasteiger partial charge >= 0.3 is 0 Å². The van der Waals surface area contributed by atoms with Crippen LogP contribution in [0, 0.1) is 20.8 Å². The zero-order chi connectivity index (χ0) is 20.2. The number of aryl methyl sites for hydroxylation is 2. The van der Waals surface area contributed by atoms with Crippen LogP contribution >= 0.6 is 0 Å². The SMILES string of the molecule is Cc1cnc(-c2nc(NCCc3ccncc3)ncc2-c2onc(C)c2C)cn1. The van der Waals surface area contributed by atoms with Gasteiger partial charge < -0.3 is 9.84 Å². The zero-order valence-electron chi connectivity index (χ0n) is 16.5. The van der Waals surface area contributed by atoms with E-state index in [2.05, 4.69) is 30.4 Å². The summed E-state index contributed by atoms with van der Waals surface area (Å²) in [6.07, 6.45) is 9.59. The molecular formula is C21H21N7O. The number of hydrogen-bond acceptors (Lipinski definition) is 8. The molecule has 0 radical (unpaired) electrons. The predicted octanol–water partition coefficient (Wildman–Crippen LogP) is 3.56. The lowest BCUT2D eigenvalue weighted by Crippen LogP contribution is -2.09. The summed E-state index contributed by atoms with van der Waals surface area (Å²) in [5.41, 5.74) is 5.86. The molecule has 0 bridgehead atoms. The number of nitrogens with zero attached hydrogens (tertiary/aromatic N) is 6. The number of aromatic nitrogens is 6. The van der Waals surface area contributed by atoms with Crippen LogP contribution in [-0.2, 0) is 6.42 Å². The molecule has 29 heavy (non-hydrogen) atoms. The lowest BCUT2D eigenvalue weighted by molar-refractivity contribution is 0.426. The summed E-state index contributed by atoms with van der Waals surface area (Å²) in [6, 6.07) is 3.99. The second kappa shape index (κ2) is 8.14. The van der Waals surface area contributed by atoms with Crippen molar-refractivity contribution in [3.63, 3.8) is 0 Å². The summed E-state index contributed by atoms with van der Waals surface area (Å²) >= 11 is 0. The molecule has 0 amide bonds. The summed E-state index contributed by atoms with van der Waals surface area (Å²) in [5, 5.41) is 7.34. The predicted molar refractivity (Wildman–Crippen MR) is 109 cm³/mol. The van der Waals surface area contributed by atoms with Gasteiger partial charge in [-0.05, 0) is 44.9 Å². The minimum absolute atomic E-state index is 0.522. The van der Waals surface area contributed by atoms with Gasteiger partial charge in [-0.1, -0.05) is 5.16 Å². The average Bonchev–Trinajstić information content (AvgIpc) is 3.08. The van der Waals surface area contributed by atoms with Crippen molar-refractivity contribution in [1.82, 2.24) is 30.1 Å². The van der Waals surface area contributed by atoms with Crippen LogP contribution in [0.15, 0.2) is 47.6 Å². The summed E-state index contributed by atoms with van der Waals surface area (Å²) < 4.78 is 5.54. The topological polar surface area (TPSA) is 103 Å². The lowest BCUT2D eigenvalue weighted by atomic mass is 10.1. The lowest BCUT2D eigenvalue weighted by Gasteiger charge is -2.10. The smallest absolute Gasteiger partial charge is 0.223 e. The number of anilines is 1. The standard InChI is InChI=1S/C21H21N7O/c1-13-10-25-18(12-24-13)19-17(20-14(2)15(3)28-29-20)11-26-21(27-19)23-9-6-16-4-7-22-8-5-16/h4-5,7-8,10-12H,6,9H2,1-3H3,(H,23,26,27). The molecule has 0 aliphatic carbocycles. The van der Waals surface area contributed by atoms with Crippen LogP contribution in [0.3, 0.4) is 0 Å². The van der Waals surface area contributed by atoms with Crippen molar-refractivity contribution in [2.24, 2.45) is 0 Å². The van der Waals surface area contributed by atoms with Crippen molar-refractivity contribution >= 4 is 5.95 Å². The highest BCUT2D eigenvalue weighted by molar-refractivity contribution is 5.77. The monoisotopic (exact) mass is 387 g/mol. The van der Waals surface area contributed by atoms with Crippen molar-refractivity contribution < 1.29 is 4.52 Å². The van der Waals surface area contributed by atoms with E-state index >= 15 is 0 Å². The van der Waals surface area contributed by atoms with Gasteiger partial charge in [-0.25, -0.2) is 9.97 Å². The summed E-state index contributed by atoms with van der Waals surface area (Å²) in [4.78, 5) is 22.1. The zero-order valence-corrected chi connectivity index (χ0v) is 16.5. The van der Waals surface area contributed by atoms with Gasteiger partial charge in [0.05, 0.1) is 23.1 Å². The summed E-state index contributed by atoms with van der Waals surface area (Å²) in [6.45, 7) is 6.47. The van der Waals surface area contributed by atoms with Gasteiger partial charge in [0.1, 0.15) is 11.4 Å². The number of nitrogens with one attached hydrogen (secondary N) is 1. The average molecular weight is 387 g/mol. The summed E-state index contributed by atoms with van der Waals surface area (Å²) in [5.74, 6) is 1.16. The number of pyridine rings is 1. The van der Waals surface area contributed by atoms with E-state index in [0.29, 0.717) is 29.6 Å². The van der Waals surface area contributed by atoms with Crippen molar-refractivity contribution in [2.45, 2.75) is 27.2 Å². The Morgan fingerprint density at radius 1 is 0.966 bits per heavy atom. The van der Waals surface area contributed by atoms with Crippen molar-refractivity contribution in [3.8, 4) is 22.7 Å². The Bertz CT molecular complexity index is 1110. The van der Waals surface area contributed by atoms with E-state index in [9.17, 15) is 0 Å². The third-order valence-corrected chi connectivity index (χ3v) is 4.66. The van der Waals surface area contributed by atoms with Crippen LogP contribution in [0.4, 0.5) is 5.95 Å². The molecule has 8 nitrogen and oxygen atoms in total. The minimum atomic E-state index is 0.522. The molecule has 0 atom stereocenters. The van der Waals surface area contributed by atoms with Gasteiger partial charge in [0, 0.05) is 36.9 Å². The number of hydrogen-bond donors (Lipinski definition) is 1. The Morgan fingerprint density at radius 3 is 2.48 bits per heavy atom. The molecule has 1 N–H and O–H groups in total. The molecule has 4 aromatic heterocycles. The Labute approximate surface area is 168 Å². The van der Waals surface area contributed by atoms with Crippen LogP contribution in [0.25, 0.3) is 22.7 Å². The fourth-order valence-corrected chi connectivity index (χ4v) is 2.88. The van der Waals surface area contributed by atoms with Gasteiger partial charge in [-0.15, -0.1) is 0 Å². The maximum atomic E-state index is 5.54. The molecule has 0 saturated heterocycles. The Morgan fingerprint density at radius 2 is 1.79 bits per heavy atom. The molecule has 0 saturated carbocycles. The summed E-state index contributed by atoms with van der Waals surface area (Å²) in [7, 11) is 0. The molecule has 0 aliphatic heterocycles. The van der Waals surface area contributed by atoms with E-state index in [1.54, 1.807) is 31.0 Å². The fourth-order valence-electron chi connectivity index (χ4n) is 2.88. The second-order valence-corrected chi connectivity index (χ2v) is 6.75. The van der Waals surface area contributed by atoms with Crippen molar-refractivity contribution in [2.75, 3.05) is 11.9 Å². The first kappa shape index (κ1) is 18.7. The maximum absolute atomic E-state index is 5.54. The van der Waals surface area contributed by atoms with E-state index in [4.69, 9.17) is 9.51 Å². The maximum Gasteiger partial charge on any atom is 0.223 e. The molecule has 4 heterocycles. The third-order valence-electron chi connectivity index (χ3n) is 4.66.